The summed E-state index contributed by atoms with van der Waals surface area (Å²) in [6.45, 7) is 6.66. The molecule has 1 unspecified atom stereocenters. The molecule has 1 atom stereocenters. The SMILES string of the molecule is CCCCCCC/C=C\C/C=C\CCCCCCCCCCCCCC(=O)OCC(COC(=O)CCCCCCCCCCCCCCCC)OC(=O)CCCCCCC/C=C\CCCCCCCC. The summed E-state index contributed by atoms with van der Waals surface area (Å²) in [5.41, 5.74) is 0. The van der Waals surface area contributed by atoms with Gasteiger partial charge < -0.3 is 14.2 Å². The van der Waals surface area contributed by atoms with E-state index < -0.39 is 6.10 Å². The maximum absolute atomic E-state index is 12.9. The van der Waals surface area contributed by atoms with Crippen LogP contribution >= 0.6 is 0 Å². The maximum Gasteiger partial charge on any atom is 0.306 e. The van der Waals surface area contributed by atoms with Gasteiger partial charge in [-0.1, -0.05) is 276 Å². The summed E-state index contributed by atoms with van der Waals surface area (Å²) in [7, 11) is 0. The third kappa shape index (κ3) is 56.5. The van der Waals surface area contributed by atoms with Gasteiger partial charge in [0.1, 0.15) is 13.2 Å². The van der Waals surface area contributed by atoms with Crippen LogP contribution in [0.25, 0.3) is 0 Å². The molecule has 0 saturated heterocycles. The molecule has 0 aromatic carbocycles. The highest BCUT2D eigenvalue weighted by Gasteiger charge is 2.19. The summed E-state index contributed by atoms with van der Waals surface area (Å²) >= 11 is 0. The lowest BCUT2D eigenvalue weighted by atomic mass is 10.0. The molecular formula is C64H118O6. The summed E-state index contributed by atoms with van der Waals surface area (Å²) in [5.74, 6) is -0.862. The molecular weight excluding hydrogens is 865 g/mol. The molecule has 0 aliphatic heterocycles. The summed E-state index contributed by atoms with van der Waals surface area (Å²) in [5, 5.41) is 0. The Morgan fingerprint density at radius 1 is 0.286 bits per heavy atom. The average Bonchev–Trinajstić information content (AvgIpc) is 3.36. The number of ether oxygens (including phenoxy) is 3. The van der Waals surface area contributed by atoms with Crippen molar-refractivity contribution in [3.8, 4) is 0 Å². The van der Waals surface area contributed by atoms with E-state index in [0.717, 1.165) is 70.6 Å². The second kappa shape index (κ2) is 59.2. The van der Waals surface area contributed by atoms with E-state index in [-0.39, 0.29) is 31.1 Å². The lowest BCUT2D eigenvalue weighted by Gasteiger charge is -2.18. The molecule has 70 heavy (non-hydrogen) atoms. The Hall–Kier alpha value is -2.37. The Kier molecular flexibility index (Phi) is 57.2. The fourth-order valence-corrected chi connectivity index (χ4v) is 9.18. The highest BCUT2D eigenvalue weighted by atomic mass is 16.6. The van der Waals surface area contributed by atoms with Crippen molar-refractivity contribution in [1.82, 2.24) is 0 Å². The van der Waals surface area contributed by atoms with Crippen LogP contribution in [0.3, 0.4) is 0 Å². The van der Waals surface area contributed by atoms with Gasteiger partial charge in [-0.15, -0.1) is 0 Å². The fraction of sp³-hybridized carbons (Fsp3) is 0.859. The quantitative estimate of drug-likeness (QED) is 0.0261. The zero-order chi connectivity index (χ0) is 50.7. The van der Waals surface area contributed by atoms with Crippen LogP contribution in [0, 0.1) is 0 Å². The van der Waals surface area contributed by atoms with Gasteiger partial charge in [-0.05, 0) is 77.0 Å². The number of carbonyl (C=O) groups is 3. The van der Waals surface area contributed by atoms with Crippen LogP contribution in [0.15, 0.2) is 36.5 Å². The molecule has 0 heterocycles. The van der Waals surface area contributed by atoms with Crippen molar-refractivity contribution in [2.24, 2.45) is 0 Å². The van der Waals surface area contributed by atoms with Gasteiger partial charge in [-0.25, -0.2) is 0 Å². The number of allylic oxidation sites excluding steroid dienone is 6. The first-order valence-corrected chi connectivity index (χ1v) is 31.0. The van der Waals surface area contributed by atoms with Crippen molar-refractivity contribution in [2.45, 2.75) is 341 Å². The molecule has 0 fully saturated rings. The van der Waals surface area contributed by atoms with Crippen LogP contribution in [0.1, 0.15) is 335 Å². The molecule has 0 aromatic heterocycles. The second-order valence-corrected chi connectivity index (χ2v) is 21.0. The third-order valence-corrected chi connectivity index (χ3v) is 13.9. The predicted octanol–water partition coefficient (Wildman–Crippen LogP) is 20.8. The Morgan fingerprint density at radius 3 is 0.800 bits per heavy atom. The van der Waals surface area contributed by atoms with E-state index in [1.807, 2.05) is 0 Å². The van der Waals surface area contributed by atoms with Gasteiger partial charge in [-0.2, -0.15) is 0 Å². The molecule has 0 aliphatic rings. The molecule has 0 radical (unpaired) electrons. The first-order chi connectivity index (χ1) is 34.5. The van der Waals surface area contributed by atoms with Gasteiger partial charge >= 0.3 is 17.9 Å². The van der Waals surface area contributed by atoms with Gasteiger partial charge in [0.2, 0.25) is 0 Å². The summed E-state index contributed by atoms with van der Waals surface area (Å²) in [6, 6.07) is 0. The highest BCUT2D eigenvalue weighted by molar-refractivity contribution is 5.71. The first-order valence-electron chi connectivity index (χ1n) is 31.0. The molecule has 0 aliphatic carbocycles. The van der Waals surface area contributed by atoms with E-state index in [2.05, 4.69) is 57.2 Å². The van der Waals surface area contributed by atoms with E-state index in [9.17, 15) is 14.4 Å². The number of carbonyl (C=O) groups excluding carboxylic acids is 3. The highest BCUT2D eigenvalue weighted by Crippen LogP contribution is 2.17. The molecule has 0 rings (SSSR count). The molecule has 0 bridgehead atoms. The van der Waals surface area contributed by atoms with Crippen LogP contribution in [0.4, 0.5) is 0 Å². The standard InChI is InChI=1S/C64H118O6/c1-4-7-10-13-16-19-22-25-28-29-30-31-32-33-34-35-37-39-42-45-48-51-54-57-63(66)69-60-61(59-68-62(65)56-53-50-47-44-41-38-27-24-21-18-15-12-9-6-3)70-64(67)58-55-52-49-46-43-40-36-26-23-20-17-14-11-8-5-2/h22,25-26,29-30,36,61H,4-21,23-24,27-28,31-35,37-60H2,1-3H3/b25-22-,30-29-,36-26-. The molecule has 0 amide bonds. The van der Waals surface area contributed by atoms with Crippen LogP contribution < -0.4 is 0 Å². The van der Waals surface area contributed by atoms with Gasteiger partial charge in [0.25, 0.3) is 0 Å². The largest absolute Gasteiger partial charge is 0.462 e. The molecule has 6 heteroatoms. The van der Waals surface area contributed by atoms with Crippen LogP contribution in [0.5, 0.6) is 0 Å². The average molecular weight is 984 g/mol. The van der Waals surface area contributed by atoms with Crippen molar-refractivity contribution >= 4 is 17.9 Å². The summed E-state index contributed by atoms with van der Waals surface area (Å²) in [6.07, 6.45) is 71.4. The van der Waals surface area contributed by atoms with Crippen LogP contribution in [-0.4, -0.2) is 37.2 Å². The number of unbranched alkanes of at least 4 members (excludes halogenated alkanes) is 40. The van der Waals surface area contributed by atoms with E-state index in [1.54, 1.807) is 0 Å². The smallest absolute Gasteiger partial charge is 0.306 e. The molecule has 0 N–H and O–H groups in total. The molecule has 0 spiro atoms. The van der Waals surface area contributed by atoms with Crippen molar-refractivity contribution in [3.63, 3.8) is 0 Å². The van der Waals surface area contributed by atoms with Crippen molar-refractivity contribution in [2.75, 3.05) is 13.2 Å². The number of esters is 3. The third-order valence-electron chi connectivity index (χ3n) is 13.9. The second-order valence-electron chi connectivity index (χ2n) is 21.0. The van der Waals surface area contributed by atoms with Gasteiger partial charge in [0, 0.05) is 19.3 Å². The lowest BCUT2D eigenvalue weighted by molar-refractivity contribution is -0.167. The van der Waals surface area contributed by atoms with Crippen molar-refractivity contribution < 1.29 is 28.6 Å². The number of hydrogen-bond acceptors (Lipinski definition) is 6. The first kappa shape index (κ1) is 67.6. The van der Waals surface area contributed by atoms with Gasteiger partial charge in [0.15, 0.2) is 6.10 Å². The fourth-order valence-electron chi connectivity index (χ4n) is 9.18. The monoisotopic (exact) mass is 983 g/mol. The van der Waals surface area contributed by atoms with Gasteiger partial charge in [0.05, 0.1) is 0 Å². The molecule has 410 valence electrons. The Bertz CT molecular complexity index is 1170. The van der Waals surface area contributed by atoms with E-state index in [0.29, 0.717) is 19.3 Å². The Morgan fingerprint density at radius 2 is 0.514 bits per heavy atom. The summed E-state index contributed by atoms with van der Waals surface area (Å²) < 4.78 is 16.9. The Labute approximate surface area is 435 Å². The number of rotatable bonds is 57. The topological polar surface area (TPSA) is 78.9 Å². The van der Waals surface area contributed by atoms with Crippen molar-refractivity contribution in [1.29, 1.82) is 0 Å². The van der Waals surface area contributed by atoms with E-state index in [1.165, 1.54) is 225 Å². The van der Waals surface area contributed by atoms with Crippen LogP contribution in [0.2, 0.25) is 0 Å². The maximum atomic E-state index is 12.9. The van der Waals surface area contributed by atoms with E-state index >= 15 is 0 Å². The van der Waals surface area contributed by atoms with Crippen LogP contribution in [-0.2, 0) is 28.6 Å². The van der Waals surface area contributed by atoms with Gasteiger partial charge in [-0.3, -0.25) is 14.4 Å². The minimum absolute atomic E-state index is 0.0718. The van der Waals surface area contributed by atoms with E-state index in [4.69, 9.17) is 14.2 Å². The van der Waals surface area contributed by atoms with Crippen molar-refractivity contribution in [3.05, 3.63) is 36.5 Å². The predicted molar refractivity (Wildman–Crippen MR) is 302 cm³/mol. The molecule has 0 aromatic rings. The minimum Gasteiger partial charge on any atom is -0.462 e. The molecule has 0 saturated carbocycles. The number of hydrogen-bond donors (Lipinski definition) is 0. The lowest BCUT2D eigenvalue weighted by Crippen LogP contribution is -2.30. The zero-order valence-electron chi connectivity index (χ0n) is 47.1. The normalized spacial score (nSPS) is 12.2. The summed E-state index contributed by atoms with van der Waals surface area (Å²) in [4.78, 5) is 38.2. The molecule has 6 nitrogen and oxygen atoms in total. The minimum atomic E-state index is -0.774. The zero-order valence-corrected chi connectivity index (χ0v) is 47.1. The Balaban J connectivity index is 4.29.